The van der Waals surface area contributed by atoms with Crippen molar-refractivity contribution in [3.63, 3.8) is 0 Å². The van der Waals surface area contributed by atoms with Gasteiger partial charge in [-0.1, -0.05) is 61.6 Å². The van der Waals surface area contributed by atoms with Crippen molar-refractivity contribution in [3.05, 3.63) is 16.4 Å². The molecule has 0 aliphatic carbocycles. The van der Waals surface area contributed by atoms with Crippen LogP contribution in [0.1, 0.15) is 62.2 Å². The van der Waals surface area contributed by atoms with Gasteiger partial charge in [-0.05, 0) is 0 Å². The molecule has 0 saturated heterocycles. The average Bonchev–Trinajstić information content (AvgIpc) is 2.84. The molecule has 0 spiro atoms. The van der Waals surface area contributed by atoms with E-state index in [1.54, 1.807) is 0 Å². The molecular formula is C14H29N5O2. The number of H-pyrrole nitrogens is 1. The summed E-state index contributed by atoms with van der Waals surface area (Å²) in [5.41, 5.74) is -0.0772. The summed E-state index contributed by atoms with van der Waals surface area (Å²) in [6.07, 6.45) is 0. The molecule has 0 amide bonds. The van der Waals surface area contributed by atoms with Crippen molar-refractivity contribution in [1.82, 2.24) is 10.1 Å². The smallest absolute Gasteiger partial charge is 0.296 e. The summed E-state index contributed by atoms with van der Waals surface area (Å²) in [5.74, 6) is 0.949. The zero-order chi connectivity index (χ0) is 14.7. The second-order valence-electron chi connectivity index (χ2n) is 6.31. The summed E-state index contributed by atoms with van der Waals surface area (Å²) in [5, 5.41) is 11.2. The Balaban J connectivity index is 0. The van der Waals surface area contributed by atoms with Gasteiger partial charge in [-0.2, -0.15) is 5.11 Å². The molecule has 21 heavy (non-hydrogen) atoms. The highest BCUT2D eigenvalue weighted by molar-refractivity contribution is 5.88. The normalized spacial score (nSPS) is 13.5. The summed E-state index contributed by atoms with van der Waals surface area (Å²) in [6.45, 7) is 12.6. The van der Waals surface area contributed by atoms with Crippen LogP contribution in [0.25, 0.3) is 0 Å². The van der Waals surface area contributed by atoms with Crippen LogP contribution < -0.4 is 5.76 Å². The lowest BCUT2D eigenvalue weighted by molar-refractivity contribution is 0.369. The molecule has 7 heteroatoms. The van der Waals surface area contributed by atoms with Crippen LogP contribution in [-0.2, 0) is 5.41 Å². The first-order valence-corrected chi connectivity index (χ1v) is 6.09. The van der Waals surface area contributed by atoms with Crippen LogP contribution in [0, 0.1) is 5.41 Å². The standard InChI is InChI=1S/C6H11N3.C6H10N2O2.2CH4/c1-6(2,3)5-7-4-8-9-5;1-6(2,3)4-7-5(9)10-8-4;;/h4H2,1-3H3;1-3H3,(H,7,8,9);2*1H4. The maximum Gasteiger partial charge on any atom is 0.438 e. The minimum absolute atomic E-state index is 0. The largest absolute Gasteiger partial charge is 0.438 e. The molecule has 1 aliphatic heterocycles. The third-order valence-corrected chi connectivity index (χ3v) is 2.27. The molecule has 0 bridgehead atoms. The Hall–Kier alpha value is -1.79. The number of azo groups is 1. The highest BCUT2D eigenvalue weighted by Crippen LogP contribution is 2.19. The molecule has 1 aliphatic rings. The van der Waals surface area contributed by atoms with E-state index in [1.165, 1.54) is 0 Å². The number of nitrogens with zero attached hydrogens (tertiary/aromatic N) is 4. The van der Waals surface area contributed by atoms with Crippen molar-refractivity contribution in [3.8, 4) is 0 Å². The number of aromatic amines is 1. The highest BCUT2D eigenvalue weighted by atomic mass is 16.5. The molecule has 0 fully saturated rings. The lowest BCUT2D eigenvalue weighted by Crippen LogP contribution is -2.16. The lowest BCUT2D eigenvalue weighted by Gasteiger charge is -2.13. The Morgan fingerprint density at radius 2 is 1.62 bits per heavy atom. The Kier molecular flexibility index (Phi) is 8.04. The minimum Gasteiger partial charge on any atom is -0.296 e. The van der Waals surface area contributed by atoms with E-state index in [2.05, 4.69) is 50.7 Å². The van der Waals surface area contributed by atoms with Gasteiger partial charge in [-0.25, -0.2) is 9.79 Å². The van der Waals surface area contributed by atoms with Gasteiger partial charge in [0, 0.05) is 10.8 Å². The predicted octanol–water partition coefficient (Wildman–Crippen LogP) is 3.79. The summed E-state index contributed by atoms with van der Waals surface area (Å²) in [6, 6.07) is 0. The molecule has 7 nitrogen and oxygen atoms in total. The molecule has 0 atom stereocenters. The number of hydrogen-bond acceptors (Lipinski definition) is 6. The average molecular weight is 299 g/mol. The fourth-order valence-electron chi connectivity index (χ4n) is 1.17. The first kappa shape index (κ1) is 21.5. The molecule has 1 N–H and O–H groups in total. The number of aliphatic imine (C=N–C) groups is 1. The van der Waals surface area contributed by atoms with Crippen molar-refractivity contribution in [2.45, 2.75) is 61.8 Å². The van der Waals surface area contributed by atoms with Crippen LogP contribution in [0.2, 0.25) is 0 Å². The fraction of sp³-hybridized carbons (Fsp3) is 0.786. The molecular weight excluding hydrogens is 270 g/mol. The fourth-order valence-corrected chi connectivity index (χ4v) is 1.17. The van der Waals surface area contributed by atoms with Gasteiger partial charge in [0.1, 0.15) is 0 Å². The quantitative estimate of drug-likeness (QED) is 0.789. The Bertz CT molecular complexity index is 527. The van der Waals surface area contributed by atoms with Crippen molar-refractivity contribution < 1.29 is 4.52 Å². The molecule has 0 aromatic carbocycles. The minimum atomic E-state index is -0.495. The zero-order valence-electron chi connectivity index (χ0n) is 12.3. The molecule has 122 valence electrons. The SMILES string of the molecule is C.C.CC(C)(C)C1=NCN=N1.CC(C)(C)c1noc(=O)[nH]1. The Morgan fingerprint density at radius 3 is 1.81 bits per heavy atom. The van der Waals surface area contributed by atoms with Gasteiger partial charge in [0.25, 0.3) is 0 Å². The second kappa shape index (κ2) is 7.85. The predicted molar refractivity (Wildman–Crippen MR) is 85.9 cm³/mol. The van der Waals surface area contributed by atoms with E-state index >= 15 is 0 Å². The number of aromatic nitrogens is 2. The van der Waals surface area contributed by atoms with Crippen LogP contribution in [0.3, 0.4) is 0 Å². The number of amidine groups is 1. The van der Waals surface area contributed by atoms with Crippen LogP contribution in [0.5, 0.6) is 0 Å². The van der Waals surface area contributed by atoms with Crippen LogP contribution >= 0.6 is 0 Å². The highest BCUT2D eigenvalue weighted by Gasteiger charge is 2.20. The molecule has 0 unspecified atom stereocenters. The van der Waals surface area contributed by atoms with Gasteiger partial charge in [0.05, 0.1) is 0 Å². The van der Waals surface area contributed by atoms with Crippen molar-refractivity contribution in [1.29, 1.82) is 0 Å². The van der Waals surface area contributed by atoms with Gasteiger partial charge in [0.2, 0.25) is 0 Å². The molecule has 2 heterocycles. The first-order chi connectivity index (χ1) is 8.60. The molecule has 0 radical (unpaired) electrons. The van der Waals surface area contributed by atoms with E-state index in [0.717, 1.165) is 5.84 Å². The first-order valence-electron chi connectivity index (χ1n) is 6.09. The number of rotatable bonds is 0. The number of nitrogens with one attached hydrogen (secondary N) is 1. The summed E-state index contributed by atoms with van der Waals surface area (Å²) >= 11 is 0. The molecule has 2 rings (SSSR count). The maximum absolute atomic E-state index is 10.5. The maximum atomic E-state index is 10.5. The van der Waals surface area contributed by atoms with Gasteiger partial charge in [-0.15, -0.1) is 5.11 Å². The van der Waals surface area contributed by atoms with E-state index in [0.29, 0.717) is 12.5 Å². The van der Waals surface area contributed by atoms with E-state index in [4.69, 9.17) is 0 Å². The molecule has 1 aromatic rings. The van der Waals surface area contributed by atoms with E-state index < -0.39 is 5.76 Å². The van der Waals surface area contributed by atoms with Crippen LogP contribution in [0.15, 0.2) is 24.5 Å². The van der Waals surface area contributed by atoms with Gasteiger partial charge in [-0.3, -0.25) is 9.51 Å². The summed E-state index contributed by atoms with van der Waals surface area (Å²) in [4.78, 5) is 17.0. The molecule has 0 saturated carbocycles. The van der Waals surface area contributed by atoms with Crippen LogP contribution in [0.4, 0.5) is 0 Å². The van der Waals surface area contributed by atoms with Crippen molar-refractivity contribution in [2.75, 3.05) is 6.67 Å². The zero-order valence-corrected chi connectivity index (χ0v) is 12.3. The topological polar surface area (TPSA) is 96.0 Å². The van der Waals surface area contributed by atoms with E-state index in [1.807, 2.05) is 20.8 Å². The van der Waals surface area contributed by atoms with Crippen molar-refractivity contribution in [2.24, 2.45) is 20.6 Å². The van der Waals surface area contributed by atoms with E-state index in [-0.39, 0.29) is 25.7 Å². The Morgan fingerprint density at radius 1 is 1.05 bits per heavy atom. The van der Waals surface area contributed by atoms with Crippen molar-refractivity contribution >= 4 is 5.84 Å². The summed E-state index contributed by atoms with van der Waals surface area (Å²) in [7, 11) is 0. The number of hydrogen-bond donors (Lipinski definition) is 1. The third kappa shape index (κ3) is 6.97. The second-order valence-corrected chi connectivity index (χ2v) is 6.31. The van der Waals surface area contributed by atoms with E-state index in [9.17, 15) is 4.79 Å². The van der Waals surface area contributed by atoms with Gasteiger partial charge in [0.15, 0.2) is 18.3 Å². The van der Waals surface area contributed by atoms with Gasteiger partial charge >= 0.3 is 5.76 Å². The monoisotopic (exact) mass is 299 g/mol. The lowest BCUT2D eigenvalue weighted by atomic mass is 9.96. The Labute approximate surface area is 127 Å². The summed E-state index contributed by atoms with van der Waals surface area (Å²) < 4.78 is 4.33. The molecule has 1 aromatic heterocycles. The third-order valence-electron chi connectivity index (χ3n) is 2.27. The van der Waals surface area contributed by atoms with Crippen LogP contribution in [-0.4, -0.2) is 22.6 Å². The van der Waals surface area contributed by atoms with Gasteiger partial charge < -0.3 is 0 Å².